The zero-order valence-electron chi connectivity index (χ0n) is 11.2. The van der Waals surface area contributed by atoms with E-state index in [2.05, 4.69) is 30.6 Å². The molecule has 0 heterocycles. The van der Waals surface area contributed by atoms with Crippen LogP contribution in [0.4, 0.5) is 0 Å². The summed E-state index contributed by atoms with van der Waals surface area (Å²) < 4.78 is 0. The molecule has 18 heavy (non-hydrogen) atoms. The fourth-order valence-corrected chi connectivity index (χ4v) is 3.66. The smallest absolute Gasteiger partial charge is 0.0406 e. The summed E-state index contributed by atoms with van der Waals surface area (Å²) in [7, 11) is 0. The molecule has 1 fully saturated rings. The topological polar surface area (TPSA) is 12.0 Å². The predicted molar refractivity (Wildman–Crippen MR) is 82.6 cm³/mol. The summed E-state index contributed by atoms with van der Waals surface area (Å²) in [5, 5.41) is 5.41. The number of halogens is 1. The lowest BCUT2D eigenvalue weighted by atomic mass is 9.93. The van der Waals surface area contributed by atoms with Crippen LogP contribution in [0.3, 0.4) is 0 Å². The molecule has 1 N–H and O–H groups in total. The third-order valence-electron chi connectivity index (χ3n) is 3.82. The fourth-order valence-electron chi connectivity index (χ4n) is 2.71. The molecule has 3 unspecified atom stereocenters. The van der Waals surface area contributed by atoms with Gasteiger partial charge in [-0.3, -0.25) is 0 Å². The van der Waals surface area contributed by atoms with E-state index in [0.717, 1.165) is 10.3 Å². The Labute approximate surface area is 120 Å². The molecule has 1 saturated carbocycles. The Bertz CT molecular complexity index is 365. The third-order valence-corrected chi connectivity index (χ3v) is 5.16. The highest BCUT2D eigenvalue weighted by molar-refractivity contribution is 7.99. The van der Waals surface area contributed by atoms with Gasteiger partial charge in [-0.05, 0) is 50.1 Å². The molecule has 1 aromatic rings. The lowest BCUT2D eigenvalue weighted by Crippen LogP contribution is -2.36. The van der Waals surface area contributed by atoms with E-state index in [4.69, 9.17) is 11.6 Å². The van der Waals surface area contributed by atoms with Crippen molar-refractivity contribution in [2.45, 2.75) is 49.9 Å². The highest BCUT2D eigenvalue weighted by Gasteiger charge is 2.22. The number of hydrogen-bond donors (Lipinski definition) is 1. The lowest BCUT2D eigenvalue weighted by Gasteiger charge is -2.31. The van der Waals surface area contributed by atoms with E-state index in [-0.39, 0.29) is 0 Å². The zero-order valence-corrected chi connectivity index (χ0v) is 12.7. The van der Waals surface area contributed by atoms with Crippen molar-refractivity contribution in [2.75, 3.05) is 6.26 Å². The van der Waals surface area contributed by atoms with E-state index in [1.165, 1.54) is 31.2 Å². The van der Waals surface area contributed by atoms with Gasteiger partial charge in [-0.15, -0.1) is 0 Å². The molecule has 0 aliphatic heterocycles. The van der Waals surface area contributed by atoms with Gasteiger partial charge in [0.05, 0.1) is 0 Å². The molecule has 0 saturated heterocycles. The minimum atomic E-state index is 0.410. The van der Waals surface area contributed by atoms with Gasteiger partial charge in [0.25, 0.3) is 0 Å². The number of rotatable bonds is 4. The lowest BCUT2D eigenvalue weighted by molar-refractivity contribution is 0.353. The number of thioether (sulfide) groups is 1. The molecule has 100 valence electrons. The van der Waals surface area contributed by atoms with Crippen LogP contribution in [0, 0.1) is 0 Å². The second kappa shape index (κ2) is 6.83. The van der Waals surface area contributed by atoms with Gasteiger partial charge in [0, 0.05) is 22.4 Å². The van der Waals surface area contributed by atoms with Crippen LogP contribution in [0.25, 0.3) is 0 Å². The minimum absolute atomic E-state index is 0.410. The van der Waals surface area contributed by atoms with E-state index in [1.54, 1.807) is 0 Å². The quantitative estimate of drug-likeness (QED) is 0.862. The van der Waals surface area contributed by atoms with Gasteiger partial charge >= 0.3 is 0 Å². The summed E-state index contributed by atoms with van der Waals surface area (Å²) in [4.78, 5) is 0. The first kappa shape index (κ1) is 14.2. The van der Waals surface area contributed by atoms with Gasteiger partial charge in [0.2, 0.25) is 0 Å². The first-order chi connectivity index (χ1) is 8.69. The van der Waals surface area contributed by atoms with Crippen LogP contribution in [0.2, 0.25) is 5.02 Å². The Morgan fingerprint density at radius 1 is 1.28 bits per heavy atom. The van der Waals surface area contributed by atoms with E-state index in [1.807, 2.05) is 23.9 Å². The molecule has 1 aromatic carbocycles. The summed E-state index contributed by atoms with van der Waals surface area (Å²) in [6.07, 6.45) is 7.59. The second-order valence-electron chi connectivity index (χ2n) is 5.16. The maximum absolute atomic E-state index is 5.92. The first-order valence-electron chi connectivity index (χ1n) is 6.73. The van der Waals surface area contributed by atoms with Gasteiger partial charge in [0.15, 0.2) is 0 Å². The SMILES string of the molecule is CSC1CCCC(NC(C)c2ccc(Cl)cc2)C1. The summed E-state index contributed by atoms with van der Waals surface area (Å²) in [5.74, 6) is 0. The van der Waals surface area contributed by atoms with Crippen molar-refractivity contribution >= 4 is 23.4 Å². The van der Waals surface area contributed by atoms with Crippen molar-refractivity contribution in [2.24, 2.45) is 0 Å². The molecule has 0 amide bonds. The number of hydrogen-bond acceptors (Lipinski definition) is 2. The van der Waals surface area contributed by atoms with Crippen molar-refractivity contribution in [3.05, 3.63) is 34.9 Å². The molecule has 2 rings (SSSR count). The fraction of sp³-hybridized carbons (Fsp3) is 0.600. The van der Waals surface area contributed by atoms with Gasteiger partial charge in [-0.25, -0.2) is 0 Å². The molecule has 0 aromatic heterocycles. The van der Waals surface area contributed by atoms with Crippen molar-refractivity contribution in [1.29, 1.82) is 0 Å². The van der Waals surface area contributed by atoms with E-state index < -0.39 is 0 Å². The van der Waals surface area contributed by atoms with Crippen LogP contribution < -0.4 is 5.32 Å². The molecule has 3 atom stereocenters. The molecular formula is C15H22ClNS. The van der Waals surface area contributed by atoms with E-state index in [9.17, 15) is 0 Å². The van der Waals surface area contributed by atoms with E-state index >= 15 is 0 Å². The van der Waals surface area contributed by atoms with Gasteiger partial charge in [0.1, 0.15) is 0 Å². The normalized spacial score (nSPS) is 25.9. The number of nitrogens with one attached hydrogen (secondary N) is 1. The molecule has 1 nitrogen and oxygen atoms in total. The van der Waals surface area contributed by atoms with Crippen LogP contribution in [-0.4, -0.2) is 17.5 Å². The average molecular weight is 284 g/mol. The van der Waals surface area contributed by atoms with Crippen LogP contribution in [-0.2, 0) is 0 Å². The zero-order chi connectivity index (χ0) is 13.0. The molecule has 0 radical (unpaired) electrons. The maximum atomic E-state index is 5.92. The van der Waals surface area contributed by atoms with Crippen molar-refractivity contribution < 1.29 is 0 Å². The van der Waals surface area contributed by atoms with E-state index in [0.29, 0.717) is 12.1 Å². The van der Waals surface area contributed by atoms with Gasteiger partial charge in [-0.1, -0.05) is 30.2 Å². The Morgan fingerprint density at radius 2 is 2.00 bits per heavy atom. The van der Waals surface area contributed by atoms with Crippen molar-refractivity contribution in [3.8, 4) is 0 Å². The first-order valence-corrected chi connectivity index (χ1v) is 8.40. The Kier molecular flexibility index (Phi) is 5.40. The van der Waals surface area contributed by atoms with Crippen LogP contribution in [0.1, 0.15) is 44.2 Å². The van der Waals surface area contributed by atoms with Crippen molar-refractivity contribution in [3.63, 3.8) is 0 Å². The summed E-state index contributed by atoms with van der Waals surface area (Å²) >= 11 is 7.94. The molecule has 0 spiro atoms. The van der Waals surface area contributed by atoms with Crippen LogP contribution in [0.5, 0.6) is 0 Å². The molecule has 1 aliphatic carbocycles. The molecule has 0 bridgehead atoms. The Balaban J connectivity index is 1.90. The van der Waals surface area contributed by atoms with Gasteiger partial charge in [-0.2, -0.15) is 11.8 Å². The third kappa shape index (κ3) is 3.91. The summed E-state index contributed by atoms with van der Waals surface area (Å²) in [5.41, 5.74) is 1.32. The highest BCUT2D eigenvalue weighted by atomic mass is 35.5. The molecule has 1 aliphatic rings. The second-order valence-corrected chi connectivity index (χ2v) is 6.74. The summed E-state index contributed by atoms with van der Waals surface area (Å²) in [6.45, 7) is 2.24. The van der Waals surface area contributed by atoms with Crippen LogP contribution in [0.15, 0.2) is 24.3 Å². The maximum Gasteiger partial charge on any atom is 0.0406 e. The predicted octanol–water partition coefficient (Wildman–Crippen LogP) is 4.66. The average Bonchev–Trinajstić information content (AvgIpc) is 2.39. The van der Waals surface area contributed by atoms with Crippen LogP contribution >= 0.6 is 23.4 Å². The largest absolute Gasteiger partial charge is 0.307 e. The standard InChI is InChI=1S/C15H22ClNS/c1-11(12-6-8-13(16)9-7-12)17-14-4-3-5-15(10-14)18-2/h6-9,11,14-15,17H,3-5,10H2,1-2H3. The Morgan fingerprint density at radius 3 is 2.67 bits per heavy atom. The Hall–Kier alpha value is -0.180. The minimum Gasteiger partial charge on any atom is -0.307 e. The molecule has 3 heteroatoms. The molecular weight excluding hydrogens is 262 g/mol. The van der Waals surface area contributed by atoms with Crippen molar-refractivity contribution in [1.82, 2.24) is 5.32 Å². The van der Waals surface area contributed by atoms with Gasteiger partial charge < -0.3 is 5.32 Å². The number of benzene rings is 1. The monoisotopic (exact) mass is 283 g/mol. The summed E-state index contributed by atoms with van der Waals surface area (Å²) in [6, 6.07) is 9.26. The highest BCUT2D eigenvalue weighted by Crippen LogP contribution is 2.28.